The molecule has 1 amide bonds. The summed E-state index contributed by atoms with van der Waals surface area (Å²) in [4.78, 5) is 19.5. The van der Waals surface area contributed by atoms with Gasteiger partial charge in [-0.1, -0.05) is 29.8 Å². The molecule has 0 aliphatic heterocycles. The number of rotatable bonds is 3. The number of thiophene rings is 1. The van der Waals surface area contributed by atoms with Crippen molar-refractivity contribution in [3.63, 3.8) is 0 Å². The van der Waals surface area contributed by atoms with E-state index in [4.69, 9.17) is 11.6 Å². The molecule has 2 aromatic heterocycles. The molecule has 3 aromatic rings. The Morgan fingerprint density at radius 1 is 1.19 bits per heavy atom. The van der Waals surface area contributed by atoms with E-state index in [1.165, 1.54) is 22.7 Å². The number of nitrogens with zero attached hydrogens (tertiary/aromatic N) is 2. The minimum absolute atomic E-state index is 0.118. The molecule has 3 nitrogen and oxygen atoms in total. The molecular weight excluding hydrogens is 324 g/mol. The minimum Gasteiger partial charge on any atom is -0.267 e. The smallest absolute Gasteiger partial charge is 0.267 e. The molecule has 3 rings (SSSR count). The van der Waals surface area contributed by atoms with Gasteiger partial charge in [-0.05, 0) is 31.2 Å². The van der Waals surface area contributed by atoms with Crippen molar-refractivity contribution in [3.05, 3.63) is 62.8 Å². The fourth-order valence-corrected chi connectivity index (χ4v) is 3.67. The molecule has 0 bridgehead atoms. The van der Waals surface area contributed by atoms with Gasteiger partial charge in [0, 0.05) is 5.38 Å². The largest absolute Gasteiger partial charge is 0.274 e. The van der Waals surface area contributed by atoms with Crippen LogP contribution in [0.5, 0.6) is 0 Å². The number of hydrogen-bond acceptors (Lipinski definition) is 4. The van der Waals surface area contributed by atoms with E-state index in [0.717, 1.165) is 11.4 Å². The molecule has 0 saturated heterocycles. The summed E-state index contributed by atoms with van der Waals surface area (Å²) in [7, 11) is 0. The van der Waals surface area contributed by atoms with Gasteiger partial charge in [0.15, 0.2) is 5.13 Å². The van der Waals surface area contributed by atoms with Crippen LogP contribution in [0.3, 0.4) is 0 Å². The average molecular weight is 335 g/mol. The molecule has 0 aliphatic carbocycles. The molecular formula is C15H11ClN2OS2. The number of anilines is 2. The van der Waals surface area contributed by atoms with Crippen LogP contribution in [-0.4, -0.2) is 10.9 Å². The standard InChI is InChI=1S/C15H11ClN2OS2/c1-10-9-20-15(17-10)18(11-5-3-2-4-6-11)14(19)12-7-8-13(16)21-12/h2-9H,1H3. The summed E-state index contributed by atoms with van der Waals surface area (Å²) in [6, 6.07) is 13.0. The number of aromatic nitrogens is 1. The Bertz CT molecular complexity index is 767. The van der Waals surface area contributed by atoms with Crippen molar-refractivity contribution in [2.45, 2.75) is 6.92 Å². The first-order valence-electron chi connectivity index (χ1n) is 6.22. The number of carbonyl (C=O) groups is 1. The Morgan fingerprint density at radius 2 is 1.95 bits per heavy atom. The topological polar surface area (TPSA) is 33.2 Å². The lowest BCUT2D eigenvalue weighted by atomic mass is 10.3. The molecule has 106 valence electrons. The molecule has 0 aliphatic rings. The van der Waals surface area contributed by atoms with E-state index < -0.39 is 0 Å². The van der Waals surface area contributed by atoms with E-state index in [1.54, 1.807) is 17.0 Å². The van der Waals surface area contributed by atoms with Crippen molar-refractivity contribution in [1.82, 2.24) is 4.98 Å². The third kappa shape index (κ3) is 3.00. The number of aryl methyl sites for hydroxylation is 1. The summed E-state index contributed by atoms with van der Waals surface area (Å²) in [6.07, 6.45) is 0. The molecule has 0 spiro atoms. The van der Waals surface area contributed by atoms with Gasteiger partial charge in [-0.15, -0.1) is 22.7 Å². The van der Waals surface area contributed by atoms with Crippen LogP contribution in [0.4, 0.5) is 10.8 Å². The summed E-state index contributed by atoms with van der Waals surface area (Å²) in [5.74, 6) is -0.118. The normalized spacial score (nSPS) is 10.6. The van der Waals surface area contributed by atoms with E-state index in [0.29, 0.717) is 14.3 Å². The zero-order chi connectivity index (χ0) is 14.8. The Hall–Kier alpha value is -1.69. The number of thiazole rings is 1. The van der Waals surface area contributed by atoms with Gasteiger partial charge < -0.3 is 0 Å². The van der Waals surface area contributed by atoms with Crippen LogP contribution in [0.2, 0.25) is 4.34 Å². The highest BCUT2D eigenvalue weighted by atomic mass is 35.5. The number of carbonyl (C=O) groups excluding carboxylic acids is 1. The predicted octanol–water partition coefficient (Wildman–Crippen LogP) is 5.14. The molecule has 1 aromatic carbocycles. The maximum Gasteiger partial charge on any atom is 0.274 e. The van der Waals surface area contributed by atoms with Gasteiger partial charge in [0.25, 0.3) is 5.91 Å². The molecule has 0 atom stereocenters. The Balaban J connectivity index is 2.06. The first kappa shape index (κ1) is 14.3. The SMILES string of the molecule is Cc1csc(N(C(=O)c2ccc(Cl)s2)c2ccccc2)n1. The molecule has 0 fully saturated rings. The molecule has 0 N–H and O–H groups in total. The van der Waals surface area contributed by atoms with Gasteiger partial charge in [-0.3, -0.25) is 9.69 Å². The van der Waals surface area contributed by atoms with Gasteiger partial charge in [-0.2, -0.15) is 0 Å². The van der Waals surface area contributed by atoms with Gasteiger partial charge in [0.1, 0.15) is 0 Å². The summed E-state index contributed by atoms with van der Waals surface area (Å²) in [6.45, 7) is 1.91. The molecule has 0 saturated carbocycles. The average Bonchev–Trinajstić information content (AvgIpc) is 3.09. The third-order valence-corrected chi connectivity index (χ3v) is 4.96. The number of hydrogen-bond donors (Lipinski definition) is 0. The van der Waals surface area contributed by atoms with Crippen molar-refractivity contribution in [3.8, 4) is 0 Å². The Morgan fingerprint density at radius 3 is 2.52 bits per heavy atom. The monoisotopic (exact) mass is 334 g/mol. The van der Waals surface area contributed by atoms with E-state index in [-0.39, 0.29) is 5.91 Å². The number of halogens is 1. The Labute approximate surface area is 135 Å². The fraction of sp³-hybridized carbons (Fsp3) is 0.0667. The highest BCUT2D eigenvalue weighted by Crippen LogP contribution is 2.32. The highest BCUT2D eigenvalue weighted by molar-refractivity contribution is 7.18. The van der Waals surface area contributed by atoms with Crippen LogP contribution in [0, 0.1) is 6.92 Å². The lowest BCUT2D eigenvalue weighted by Gasteiger charge is -2.19. The number of benzene rings is 1. The van der Waals surface area contributed by atoms with Gasteiger partial charge in [0.05, 0.1) is 20.6 Å². The zero-order valence-electron chi connectivity index (χ0n) is 11.1. The zero-order valence-corrected chi connectivity index (χ0v) is 13.5. The lowest BCUT2D eigenvalue weighted by Crippen LogP contribution is -2.25. The van der Waals surface area contributed by atoms with Crippen LogP contribution in [0.1, 0.15) is 15.4 Å². The molecule has 21 heavy (non-hydrogen) atoms. The van der Waals surface area contributed by atoms with Crippen molar-refractivity contribution >= 4 is 51.0 Å². The number of amides is 1. The van der Waals surface area contributed by atoms with E-state index in [2.05, 4.69) is 4.98 Å². The Kier molecular flexibility index (Phi) is 4.05. The van der Waals surface area contributed by atoms with Crippen LogP contribution in [0.15, 0.2) is 47.8 Å². The second-order valence-electron chi connectivity index (χ2n) is 4.35. The third-order valence-electron chi connectivity index (χ3n) is 2.80. The second-order valence-corrected chi connectivity index (χ2v) is 6.90. The minimum atomic E-state index is -0.118. The lowest BCUT2D eigenvalue weighted by molar-refractivity contribution is 0.100. The van der Waals surface area contributed by atoms with Crippen molar-refractivity contribution in [2.75, 3.05) is 4.90 Å². The van der Waals surface area contributed by atoms with Crippen molar-refractivity contribution < 1.29 is 4.79 Å². The molecule has 0 radical (unpaired) electrons. The van der Waals surface area contributed by atoms with E-state index >= 15 is 0 Å². The number of para-hydroxylation sites is 1. The van der Waals surface area contributed by atoms with E-state index in [9.17, 15) is 4.79 Å². The maximum atomic E-state index is 12.8. The van der Waals surface area contributed by atoms with Crippen LogP contribution in [0.25, 0.3) is 0 Å². The second kappa shape index (κ2) is 5.97. The summed E-state index contributed by atoms with van der Waals surface area (Å²) in [5, 5.41) is 2.59. The predicted molar refractivity (Wildman–Crippen MR) is 89.1 cm³/mol. The highest BCUT2D eigenvalue weighted by Gasteiger charge is 2.23. The fourth-order valence-electron chi connectivity index (χ4n) is 1.88. The first-order valence-corrected chi connectivity index (χ1v) is 8.29. The van der Waals surface area contributed by atoms with Crippen molar-refractivity contribution in [1.29, 1.82) is 0 Å². The van der Waals surface area contributed by atoms with Crippen LogP contribution < -0.4 is 4.90 Å². The van der Waals surface area contributed by atoms with Gasteiger partial charge >= 0.3 is 0 Å². The molecule has 2 heterocycles. The van der Waals surface area contributed by atoms with Gasteiger partial charge in [-0.25, -0.2) is 4.98 Å². The van der Waals surface area contributed by atoms with Crippen molar-refractivity contribution in [2.24, 2.45) is 0 Å². The van der Waals surface area contributed by atoms with Crippen LogP contribution >= 0.6 is 34.3 Å². The maximum absolute atomic E-state index is 12.8. The summed E-state index contributed by atoms with van der Waals surface area (Å²) < 4.78 is 0.599. The van der Waals surface area contributed by atoms with Gasteiger partial charge in [0.2, 0.25) is 0 Å². The summed E-state index contributed by atoms with van der Waals surface area (Å²) in [5.41, 5.74) is 1.69. The summed E-state index contributed by atoms with van der Waals surface area (Å²) >= 11 is 8.66. The van der Waals surface area contributed by atoms with E-state index in [1.807, 2.05) is 42.6 Å². The quantitative estimate of drug-likeness (QED) is 0.664. The molecule has 0 unspecified atom stereocenters. The van der Waals surface area contributed by atoms with Crippen LogP contribution in [-0.2, 0) is 0 Å². The first-order chi connectivity index (χ1) is 10.1. The molecule has 6 heteroatoms.